The predicted molar refractivity (Wildman–Crippen MR) is 59.5 cm³/mol. The van der Waals surface area contributed by atoms with Crippen molar-refractivity contribution in [2.75, 3.05) is 19.6 Å². The van der Waals surface area contributed by atoms with Gasteiger partial charge in [0.05, 0.1) is 5.56 Å². The van der Waals surface area contributed by atoms with Gasteiger partial charge in [-0.25, -0.2) is 4.39 Å². The largest absolute Gasteiger partial charge is 0.338 e. The quantitative estimate of drug-likeness (QED) is 0.818. The molecule has 1 aromatic rings. The Balaban J connectivity index is 2.12. The lowest BCUT2D eigenvalue weighted by Gasteiger charge is -2.16. The van der Waals surface area contributed by atoms with Gasteiger partial charge in [-0.05, 0) is 31.0 Å². The third-order valence-corrected chi connectivity index (χ3v) is 3.01. The summed E-state index contributed by atoms with van der Waals surface area (Å²) in [5, 5.41) is 0. The standard InChI is InChI=1S/C12H15FN2O/c13-11-4-2-1-3-10(11)12(16)15-6-5-9(7-14)8-15/h1-4,9H,5-8,14H2. The van der Waals surface area contributed by atoms with Crippen molar-refractivity contribution in [3.63, 3.8) is 0 Å². The van der Waals surface area contributed by atoms with Crippen molar-refractivity contribution < 1.29 is 9.18 Å². The molecule has 1 aliphatic rings. The number of nitrogens with zero attached hydrogens (tertiary/aromatic N) is 1. The average molecular weight is 222 g/mol. The molecule has 86 valence electrons. The van der Waals surface area contributed by atoms with Crippen molar-refractivity contribution in [1.29, 1.82) is 0 Å². The molecule has 0 spiro atoms. The van der Waals surface area contributed by atoms with E-state index < -0.39 is 5.82 Å². The molecule has 1 unspecified atom stereocenters. The highest BCUT2D eigenvalue weighted by Crippen LogP contribution is 2.18. The molecule has 2 N–H and O–H groups in total. The molecular formula is C12H15FN2O. The van der Waals surface area contributed by atoms with Gasteiger partial charge in [-0.1, -0.05) is 12.1 Å². The summed E-state index contributed by atoms with van der Waals surface area (Å²) < 4.78 is 13.4. The number of hydrogen-bond donors (Lipinski definition) is 1. The first-order valence-corrected chi connectivity index (χ1v) is 5.46. The summed E-state index contributed by atoms with van der Waals surface area (Å²) in [6, 6.07) is 6.09. The van der Waals surface area contributed by atoms with Crippen molar-refractivity contribution in [1.82, 2.24) is 4.90 Å². The van der Waals surface area contributed by atoms with Crippen LogP contribution in [0.2, 0.25) is 0 Å². The Morgan fingerprint density at radius 3 is 2.88 bits per heavy atom. The van der Waals surface area contributed by atoms with Crippen LogP contribution in [0.4, 0.5) is 4.39 Å². The van der Waals surface area contributed by atoms with Crippen molar-refractivity contribution >= 4 is 5.91 Å². The molecule has 2 rings (SSSR count). The summed E-state index contributed by atoms with van der Waals surface area (Å²) in [5.41, 5.74) is 5.71. The van der Waals surface area contributed by atoms with Crippen LogP contribution in [0.15, 0.2) is 24.3 Å². The van der Waals surface area contributed by atoms with Crippen LogP contribution >= 0.6 is 0 Å². The highest BCUT2D eigenvalue weighted by molar-refractivity contribution is 5.94. The Labute approximate surface area is 94.0 Å². The number of benzene rings is 1. The van der Waals surface area contributed by atoms with Crippen LogP contribution in [0.25, 0.3) is 0 Å². The third kappa shape index (κ3) is 2.07. The van der Waals surface area contributed by atoms with E-state index in [0.717, 1.165) is 6.42 Å². The number of carbonyl (C=O) groups is 1. The van der Waals surface area contributed by atoms with E-state index in [-0.39, 0.29) is 11.5 Å². The Hall–Kier alpha value is -1.42. The van der Waals surface area contributed by atoms with Crippen LogP contribution in [0.5, 0.6) is 0 Å². The van der Waals surface area contributed by atoms with Crippen LogP contribution in [0, 0.1) is 11.7 Å². The van der Waals surface area contributed by atoms with Crippen LogP contribution in [-0.2, 0) is 0 Å². The van der Waals surface area contributed by atoms with Gasteiger partial charge in [-0.2, -0.15) is 0 Å². The van der Waals surface area contributed by atoms with Gasteiger partial charge in [0.2, 0.25) is 0 Å². The molecule has 0 aliphatic carbocycles. The van der Waals surface area contributed by atoms with Gasteiger partial charge in [0.1, 0.15) is 5.82 Å². The van der Waals surface area contributed by atoms with E-state index in [9.17, 15) is 9.18 Å². The second kappa shape index (κ2) is 4.61. The number of hydrogen-bond acceptors (Lipinski definition) is 2. The summed E-state index contributed by atoms with van der Waals surface area (Å²) in [6.07, 6.45) is 0.913. The number of nitrogens with two attached hydrogens (primary N) is 1. The summed E-state index contributed by atoms with van der Waals surface area (Å²) in [6.45, 7) is 1.90. The molecule has 1 heterocycles. The summed E-state index contributed by atoms with van der Waals surface area (Å²) >= 11 is 0. The minimum atomic E-state index is -0.455. The maximum atomic E-state index is 13.4. The fraction of sp³-hybridized carbons (Fsp3) is 0.417. The molecule has 3 nitrogen and oxygen atoms in total. The normalized spacial score (nSPS) is 20.1. The van der Waals surface area contributed by atoms with E-state index in [1.165, 1.54) is 12.1 Å². The highest BCUT2D eigenvalue weighted by Gasteiger charge is 2.27. The molecule has 0 saturated carbocycles. The average Bonchev–Trinajstić information content (AvgIpc) is 2.77. The molecule has 1 atom stereocenters. The number of carbonyl (C=O) groups excluding carboxylic acids is 1. The van der Waals surface area contributed by atoms with E-state index in [4.69, 9.17) is 5.73 Å². The Kier molecular flexibility index (Phi) is 3.19. The molecule has 1 aromatic carbocycles. The van der Waals surface area contributed by atoms with Gasteiger partial charge in [-0.15, -0.1) is 0 Å². The minimum absolute atomic E-state index is 0.153. The molecule has 1 fully saturated rings. The van der Waals surface area contributed by atoms with E-state index in [1.54, 1.807) is 17.0 Å². The molecule has 16 heavy (non-hydrogen) atoms. The molecule has 0 aromatic heterocycles. The topological polar surface area (TPSA) is 46.3 Å². The Morgan fingerprint density at radius 1 is 1.50 bits per heavy atom. The van der Waals surface area contributed by atoms with Gasteiger partial charge in [-0.3, -0.25) is 4.79 Å². The van der Waals surface area contributed by atoms with Crippen molar-refractivity contribution in [3.8, 4) is 0 Å². The number of likely N-dealkylation sites (tertiary alicyclic amines) is 1. The molecular weight excluding hydrogens is 207 g/mol. The fourth-order valence-corrected chi connectivity index (χ4v) is 2.01. The van der Waals surface area contributed by atoms with Crippen LogP contribution < -0.4 is 5.73 Å². The monoisotopic (exact) mass is 222 g/mol. The van der Waals surface area contributed by atoms with Crippen LogP contribution in [0.3, 0.4) is 0 Å². The van der Waals surface area contributed by atoms with Gasteiger partial charge in [0.25, 0.3) is 5.91 Å². The Bertz CT molecular complexity index is 394. The lowest BCUT2D eigenvalue weighted by atomic mass is 10.1. The molecule has 0 radical (unpaired) electrons. The predicted octanol–water partition coefficient (Wildman–Crippen LogP) is 1.25. The zero-order valence-corrected chi connectivity index (χ0v) is 9.03. The van der Waals surface area contributed by atoms with Gasteiger partial charge >= 0.3 is 0 Å². The zero-order chi connectivity index (χ0) is 11.5. The number of rotatable bonds is 2. The maximum Gasteiger partial charge on any atom is 0.256 e. The van der Waals surface area contributed by atoms with E-state index in [2.05, 4.69) is 0 Å². The lowest BCUT2D eigenvalue weighted by Crippen LogP contribution is -2.30. The third-order valence-electron chi connectivity index (χ3n) is 3.01. The highest BCUT2D eigenvalue weighted by atomic mass is 19.1. The molecule has 4 heteroatoms. The van der Waals surface area contributed by atoms with E-state index in [0.29, 0.717) is 25.6 Å². The van der Waals surface area contributed by atoms with Gasteiger partial charge < -0.3 is 10.6 Å². The molecule has 0 bridgehead atoms. The summed E-state index contributed by atoms with van der Waals surface area (Å²) in [4.78, 5) is 13.7. The second-order valence-corrected chi connectivity index (χ2v) is 4.12. The number of halogens is 1. The maximum absolute atomic E-state index is 13.4. The second-order valence-electron chi connectivity index (χ2n) is 4.12. The van der Waals surface area contributed by atoms with Crippen molar-refractivity contribution in [2.45, 2.75) is 6.42 Å². The molecule has 1 amide bonds. The van der Waals surface area contributed by atoms with Gasteiger partial charge in [0.15, 0.2) is 0 Å². The van der Waals surface area contributed by atoms with E-state index >= 15 is 0 Å². The van der Waals surface area contributed by atoms with E-state index in [1.807, 2.05) is 0 Å². The first kappa shape index (κ1) is 11.1. The lowest BCUT2D eigenvalue weighted by molar-refractivity contribution is 0.0783. The summed E-state index contributed by atoms with van der Waals surface area (Å²) in [5.74, 6) is -0.325. The molecule has 1 aliphatic heterocycles. The molecule has 1 saturated heterocycles. The number of amides is 1. The smallest absolute Gasteiger partial charge is 0.256 e. The minimum Gasteiger partial charge on any atom is -0.338 e. The van der Waals surface area contributed by atoms with Gasteiger partial charge in [0, 0.05) is 13.1 Å². The SMILES string of the molecule is NCC1CCN(C(=O)c2ccccc2F)C1. The van der Waals surface area contributed by atoms with Crippen molar-refractivity contribution in [3.05, 3.63) is 35.6 Å². The summed E-state index contributed by atoms with van der Waals surface area (Å²) in [7, 11) is 0. The van der Waals surface area contributed by atoms with Crippen molar-refractivity contribution in [2.24, 2.45) is 11.7 Å². The fourth-order valence-electron chi connectivity index (χ4n) is 2.01. The van der Waals surface area contributed by atoms with Crippen LogP contribution in [0.1, 0.15) is 16.8 Å². The first-order chi connectivity index (χ1) is 7.72. The zero-order valence-electron chi connectivity index (χ0n) is 9.03. The Morgan fingerprint density at radius 2 is 2.25 bits per heavy atom. The first-order valence-electron chi connectivity index (χ1n) is 5.46. The van der Waals surface area contributed by atoms with Crippen LogP contribution in [-0.4, -0.2) is 30.4 Å².